The standard InChI is InChI=1S/C16H20ClN5O2/c1-21(9-11-8-19-22(2)10-11)15(23)7-14(20-16(18)24)12-5-3-4-6-13(12)17/h3-6,8,10,14H,7,9H2,1-2H3,(H3,18,20,24)/t14-/m1/s1. The van der Waals surface area contributed by atoms with Crippen LogP contribution in [-0.4, -0.2) is 33.7 Å². The molecule has 1 aromatic heterocycles. The van der Waals surface area contributed by atoms with Crippen molar-refractivity contribution in [2.45, 2.75) is 19.0 Å². The van der Waals surface area contributed by atoms with Gasteiger partial charge in [0.2, 0.25) is 5.91 Å². The fourth-order valence-electron chi connectivity index (χ4n) is 2.41. The zero-order chi connectivity index (χ0) is 17.7. The van der Waals surface area contributed by atoms with E-state index in [4.69, 9.17) is 17.3 Å². The normalized spacial score (nSPS) is 11.8. The van der Waals surface area contributed by atoms with Crippen molar-refractivity contribution in [2.24, 2.45) is 12.8 Å². The summed E-state index contributed by atoms with van der Waals surface area (Å²) in [5.41, 5.74) is 6.81. The van der Waals surface area contributed by atoms with Gasteiger partial charge in [-0.2, -0.15) is 5.10 Å². The van der Waals surface area contributed by atoms with Crippen LogP contribution in [0, 0.1) is 0 Å². The zero-order valence-corrected chi connectivity index (χ0v) is 14.3. The summed E-state index contributed by atoms with van der Waals surface area (Å²) < 4.78 is 1.68. The molecular formula is C16H20ClN5O2. The lowest BCUT2D eigenvalue weighted by Gasteiger charge is -2.22. The maximum Gasteiger partial charge on any atom is 0.312 e. The maximum atomic E-state index is 12.5. The predicted molar refractivity (Wildman–Crippen MR) is 91.2 cm³/mol. The van der Waals surface area contributed by atoms with Crippen molar-refractivity contribution in [2.75, 3.05) is 7.05 Å². The predicted octanol–water partition coefficient (Wildman–Crippen LogP) is 1.83. The van der Waals surface area contributed by atoms with Gasteiger partial charge in [0.25, 0.3) is 0 Å². The number of halogens is 1. The summed E-state index contributed by atoms with van der Waals surface area (Å²) >= 11 is 6.17. The van der Waals surface area contributed by atoms with Crippen molar-refractivity contribution < 1.29 is 9.59 Å². The van der Waals surface area contributed by atoms with Crippen LogP contribution in [0.5, 0.6) is 0 Å². The Balaban J connectivity index is 2.09. The number of amides is 3. The average molecular weight is 350 g/mol. The molecule has 3 N–H and O–H groups in total. The third-order valence-corrected chi connectivity index (χ3v) is 3.92. The van der Waals surface area contributed by atoms with Crippen LogP contribution in [0.3, 0.4) is 0 Å². The van der Waals surface area contributed by atoms with Gasteiger partial charge in [-0.15, -0.1) is 0 Å². The van der Waals surface area contributed by atoms with E-state index in [1.165, 1.54) is 0 Å². The highest BCUT2D eigenvalue weighted by Crippen LogP contribution is 2.25. The van der Waals surface area contributed by atoms with Crippen molar-refractivity contribution in [3.8, 4) is 0 Å². The van der Waals surface area contributed by atoms with Crippen LogP contribution in [0.25, 0.3) is 0 Å². The highest BCUT2D eigenvalue weighted by atomic mass is 35.5. The number of hydrogen-bond acceptors (Lipinski definition) is 3. The Hall–Kier alpha value is -2.54. The molecule has 2 rings (SSSR count). The number of primary amides is 1. The van der Waals surface area contributed by atoms with E-state index in [1.807, 2.05) is 13.2 Å². The number of carbonyl (C=O) groups excluding carboxylic acids is 2. The summed E-state index contributed by atoms with van der Waals surface area (Å²) in [7, 11) is 3.51. The van der Waals surface area contributed by atoms with E-state index in [0.29, 0.717) is 17.1 Å². The molecule has 0 radical (unpaired) electrons. The number of nitrogens with one attached hydrogen (secondary N) is 1. The lowest BCUT2D eigenvalue weighted by molar-refractivity contribution is -0.130. The molecule has 0 aliphatic carbocycles. The van der Waals surface area contributed by atoms with Gasteiger partial charge < -0.3 is 16.0 Å². The first-order valence-electron chi connectivity index (χ1n) is 7.38. The van der Waals surface area contributed by atoms with Crippen LogP contribution in [0.1, 0.15) is 23.6 Å². The number of aryl methyl sites for hydroxylation is 1. The third kappa shape index (κ3) is 4.73. The molecule has 1 heterocycles. The van der Waals surface area contributed by atoms with E-state index in [0.717, 1.165) is 5.56 Å². The molecule has 3 amide bonds. The molecule has 8 heteroatoms. The molecular weight excluding hydrogens is 330 g/mol. The quantitative estimate of drug-likeness (QED) is 0.833. The number of nitrogens with zero attached hydrogens (tertiary/aromatic N) is 3. The second-order valence-electron chi connectivity index (χ2n) is 5.56. The minimum absolute atomic E-state index is 0.0590. The van der Waals surface area contributed by atoms with Gasteiger partial charge in [0.1, 0.15) is 0 Å². The van der Waals surface area contributed by atoms with Crippen LogP contribution in [-0.2, 0) is 18.4 Å². The zero-order valence-electron chi connectivity index (χ0n) is 13.6. The molecule has 2 aromatic rings. The summed E-state index contributed by atoms with van der Waals surface area (Å²) in [6, 6.07) is 5.75. The van der Waals surface area contributed by atoms with E-state index < -0.39 is 12.1 Å². The van der Waals surface area contributed by atoms with Crippen LogP contribution in [0.4, 0.5) is 4.79 Å². The number of rotatable bonds is 6. The minimum Gasteiger partial charge on any atom is -0.352 e. The van der Waals surface area contributed by atoms with E-state index in [9.17, 15) is 9.59 Å². The highest BCUT2D eigenvalue weighted by molar-refractivity contribution is 6.31. The Morgan fingerprint density at radius 3 is 2.71 bits per heavy atom. The van der Waals surface area contributed by atoms with Crippen LogP contribution in [0.2, 0.25) is 5.02 Å². The molecule has 128 valence electrons. The molecule has 0 bridgehead atoms. The number of aromatic nitrogens is 2. The van der Waals surface area contributed by atoms with Gasteiger partial charge in [0.05, 0.1) is 18.7 Å². The molecule has 0 spiro atoms. The van der Waals surface area contributed by atoms with E-state index in [2.05, 4.69) is 10.4 Å². The molecule has 1 aromatic carbocycles. The van der Waals surface area contributed by atoms with Crippen molar-refractivity contribution in [1.29, 1.82) is 0 Å². The topological polar surface area (TPSA) is 93.2 Å². The Kier molecular flexibility index (Phi) is 5.81. The average Bonchev–Trinajstić information content (AvgIpc) is 2.91. The summed E-state index contributed by atoms with van der Waals surface area (Å²) in [5, 5.41) is 7.13. The summed E-state index contributed by atoms with van der Waals surface area (Å²) in [6.45, 7) is 0.429. The first-order valence-corrected chi connectivity index (χ1v) is 7.76. The summed E-state index contributed by atoms with van der Waals surface area (Å²) in [5.74, 6) is -0.141. The summed E-state index contributed by atoms with van der Waals surface area (Å²) in [4.78, 5) is 25.3. The van der Waals surface area contributed by atoms with E-state index in [1.54, 1.807) is 47.1 Å². The van der Waals surface area contributed by atoms with Gasteiger partial charge in [-0.05, 0) is 11.6 Å². The van der Waals surface area contributed by atoms with Crippen LogP contribution in [0.15, 0.2) is 36.7 Å². The molecule has 0 unspecified atom stereocenters. The lowest BCUT2D eigenvalue weighted by Crippen LogP contribution is -2.37. The minimum atomic E-state index is -0.706. The second kappa shape index (κ2) is 7.83. The van der Waals surface area contributed by atoms with Gasteiger partial charge >= 0.3 is 6.03 Å². The molecule has 0 aliphatic heterocycles. The second-order valence-corrected chi connectivity index (χ2v) is 5.97. The number of benzene rings is 1. The Morgan fingerprint density at radius 1 is 1.42 bits per heavy atom. The van der Waals surface area contributed by atoms with Crippen molar-refractivity contribution in [3.05, 3.63) is 52.8 Å². The van der Waals surface area contributed by atoms with Gasteiger partial charge in [-0.1, -0.05) is 29.8 Å². The largest absolute Gasteiger partial charge is 0.352 e. The fourth-order valence-corrected chi connectivity index (χ4v) is 2.68. The van der Waals surface area contributed by atoms with Gasteiger partial charge in [0.15, 0.2) is 0 Å². The Labute approximate surface area is 145 Å². The lowest BCUT2D eigenvalue weighted by atomic mass is 10.0. The number of nitrogens with two attached hydrogens (primary N) is 1. The van der Waals surface area contributed by atoms with Crippen molar-refractivity contribution in [1.82, 2.24) is 20.0 Å². The van der Waals surface area contributed by atoms with Crippen molar-refractivity contribution in [3.63, 3.8) is 0 Å². The molecule has 0 saturated carbocycles. The number of hydrogen-bond donors (Lipinski definition) is 2. The third-order valence-electron chi connectivity index (χ3n) is 3.58. The first-order chi connectivity index (χ1) is 11.4. The number of urea groups is 1. The Bertz CT molecular complexity index is 731. The fraction of sp³-hybridized carbons (Fsp3) is 0.312. The van der Waals surface area contributed by atoms with Gasteiger partial charge in [-0.3, -0.25) is 9.48 Å². The molecule has 0 fully saturated rings. The highest BCUT2D eigenvalue weighted by Gasteiger charge is 2.22. The molecule has 0 aliphatic rings. The molecule has 7 nitrogen and oxygen atoms in total. The monoisotopic (exact) mass is 349 g/mol. The van der Waals surface area contributed by atoms with Crippen LogP contribution >= 0.6 is 11.6 Å². The van der Waals surface area contributed by atoms with Crippen molar-refractivity contribution >= 4 is 23.5 Å². The maximum absolute atomic E-state index is 12.5. The van der Waals surface area contributed by atoms with Gasteiger partial charge in [-0.25, -0.2) is 4.79 Å². The SMILES string of the molecule is CN(Cc1cnn(C)c1)C(=O)C[C@@H](NC(N)=O)c1ccccc1Cl. The first kappa shape index (κ1) is 17.8. The van der Waals surface area contributed by atoms with E-state index >= 15 is 0 Å². The molecule has 24 heavy (non-hydrogen) atoms. The smallest absolute Gasteiger partial charge is 0.312 e. The van der Waals surface area contributed by atoms with E-state index in [-0.39, 0.29) is 12.3 Å². The number of carbonyl (C=O) groups is 2. The van der Waals surface area contributed by atoms with Crippen LogP contribution < -0.4 is 11.1 Å². The molecule has 1 atom stereocenters. The van der Waals surface area contributed by atoms with Gasteiger partial charge in [0, 0.05) is 37.4 Å². The molecule has 0 saturated heterocycles. The Morgan fingerprint density at radius 2 is 2.12 bits per heavy atom. The summed E-state index contributed by atoms with van der Waals surface area (Å²) in [6.07, 6.45) is 3.61.